The van der Waals surface area contributed by atoms with Gasteiger partial charge in [0, 0.05) is 0 Å². The van der Waals surface area contributed by atoms with Crippen LogP contribution in [0.5, 0.6) is 0 Å². The Morgan fingerprint density at radius 2 is 1.00 bits per heavy atom. The molecule has 1 saturated heterocycles. The van der Waals surface area contributed by atoms with Crippen molar-refractivity contribution in [3.8, 4) is 0 Å². The van der Waals surface area contributed by atoms with Gasteiger partial charge in [-0.25, -0.2) is 0 Å². The Labute approximate surface area is 179 Å². The van der Waals surface area contributed by atoms with E-state index in [-0.39, 0.29) is 0 Å². The van der Waals surface area contributed by atoms with Gasteiger partial charge >= 0.3 is 0 Å². The fourth-order valence-corrected chi connectivity index (χ4v) is 4.14. The predicted molar refractivity (Wildman–Crippen MR) is 120 cm³/mol. The molecule has 1 heterocycles. The monoisotopic (exact) mass is 415 g/mol. The van der Waals surface area contributed by atoms with E-state index >= 15 is 0 Å². The molecule has 0 aromatic rings. The lowest BCUT2D eigenvalue weighted by Crippen LogP contribution is -2.60. The van der Waals surface area contributed by atoms with Crippen LogP contribution in [0.3, 0.4) is 0 Å². The summed E-state index contributed by atoms with van der Waals surface area (Å²) in [7, 11) is 0. The lowest BCUT2D eigenvalue weighted by atomic mass is 9.99. The molecule has 5 nitrogen and oxygen atoms in total. The topological polar surface area (TPSA) is 82.0 Å². The number of rotatable bonds is 18. The molecule has 174 valence electrons. The summed E-state index contributed by atoms with van der Waals surface area (Å²) in [6.45, 7) is 4.75. The summed E-state index contributed by atoms with van der Waals surface area (Å²) in [6, 6.07) is 0. The van der Waals surface area contributed by atoms with E-state index in [4.69, 9.17) is 4.74 Å². The number of unbranched alkanes of at least 4 members (excludes halogenated alkanes) is 15. The molecule has 0 aromatic carbocycles. The molecule has 0 bridgehead atoms. The molecule has 1 aliphatic rings. The van der Waals surface area contributed by atoms with Crippen LogP contribution < -0.4 is 5.32 Å². The molecule has 0 spiro atoms. The Bertz CT molecular complexity index is 369. The maximum Gasteiger partial charge on any atom is 0.137 e. The van der Waals surface area contributed by atoms with E-state index in [0.29, 0.717) is 0 Å². The fraction of sp³-hybridized carbons (Fsp3) is 1.00. The number of aliphatic hydroxyl groups excluding tert-OH is 3. The molecule has 1 rings (SSSR count). The van der Waals surface area contributed by atoms with E-state index in [2.05, 4.69) is 12.2 Å². The molecular formula is C24H49NO4. The smallest absolute Gasteiger partial charge is 0.137 e. The predicted octanol–water partition coefficient (Wildman–Crippen LogP) is 4.67. The Balaban J connectivity index is 1.81. The molecule has 5 atom stereocenters. The first-order valence-electron chi connectivity index (χ1n) is 12.5. The highest BCUT2D eigenvalue weighted by Gasteiger charge is 2.41. The van der Waals surface area contributed by atoms with Gasteiger partial charge in [-0.2, -0.15) is 0 Å². The average Bonchev–Trinajstić information content (AvgIpc) is 2.72. The number of hydrogen-bond donors (Lipinski definition) is 4. The second kappa shape index (κ2) is 17.5. The maximum absolute atomic E-state index is 9.96. The molecule has 5 heteroatoms. The number of aliphatic hydroxyl groups is 3. The molecule has 4 N–H and O–H groups in total. The molecule has 1 aliphatic heterocycles. The zero-order valence-corrected chi connectivity index (χ0v) is 19.2. The van der Waals surface area contributed by atoms with Crippen LogP contribution in [0.15, 0.2) is 0 Å². The number of hydrogen-bond acceptors (Lipinski definition) is 5. The minimum Gasteiger partial charge on any atom is -0.388 e. The van der Waals surface area contributed by atoms with Crippen LogP contribution in [0.4, 0.5) is 0 Å². The van der Waals surface area contributed by atoms with Crippen molar-refractivity contribution in [2.24, 2.45) is 0 Å². The fourth-order valence-electron chi connectivity index (χ4n) is 4.14. The van der Waals surface area contributed by atoms with Crippen LogP contribution >= 0.6 is 0 Å². The van der Waals surface area contributed by atoms with Gasteiger partial charge in [-0.05, 0) is 19.9 Å². The second-order valence-electron chi connectivity index (χ2n) is 8.99. The van der Waals surface area contributed by atoms with Gasteiger partial charge in [-0.3, -0.25) is 5.32 Å². The largest absolute Gasteiger partial charge is 0.388 e. The zero-order valence-electron chi connectivity index (χ0n) is 19.2. The van der Waals surface area contributed by atoms with Gasteiger partial charge in [0.15, 0.2) is 0 Å². The van der Waals surface area contributed by atoms with E-state index in [1.165, 1.54) is 96.3 Å². The van der Waals surface area contributed by atoms with E-state index in [1.807, 2.05) is 0 Å². The summed E-state index contributed by atoms with van der Waals surface area (Å²) < 4.78 is 5.54. The van der Waals surface area contributed by atoms with Gasteiger partial charge in [0.25, 0.3) is 0 Å². The normalized spacial score (nSPS) is 27.4. The molecule has 29 heavy (non-hydrogen) atoms. The average molecular weight is 416 g/mol. The third kappa shape index (κ3) is 12.3. The number of nitrogens with one attached hydrogen (secondary N) is 1. The van der Waals surface area contributed by atoms with Crippen LogP contribution in [-0.2, 0) is 4.74 Å². The third-order valence-corrected chi connectivity index (χ3v) is 6.23. The van der Waals surface area contributed by atoms with Crippen molar-refractivity contribution >= 4 is 0 Å². The summed E-state index contributed by atoms with van der Waals surface area (Å²) in [5.74, 6) is 0. The van der Waals surface area contributed by atoms with Gasteiger partial charge in [-0.1, -0.05) is 103 Å². The van der Waals surface area contributed by atoms with Crippen LogP contribution in [0.25, 0.3) is 0 Å². The molecule has 1 fully saturated rings. The first-order chi connectivity index (χ1) is 14.1. The summed E-state index contributed by atoms with van der Waals surface area (Å²) in [4.78, 5) is 0. The van der Waals surface area contributed by atoms with Crippen LogP contribution in [0, 0.1) is 0 Å². The van der Waals surface area contributed by atoms with Gasteiger partial charge in [0.2, 0.25) is 0 Å². The molecular weight excluding hydrogens is 366 g/mol. The van der Waals surface area contributed by atoms with Crippen molar-refractivity contribution in [2.45, 2.75) is 147 Å². The van der Waals surface area contributed by atoms with Crippen molar-refractivity contribution in [2.75, 3.05) is 6.54 Å². The quantitative estimate of drug-likeness (QED) is 0.245. The SMILES string of the molecule is CCCCCCCCCCCCCCCCCCNC1O[C@H](C)[C@@H](O)[C@H](O)[C@@H]1O. The van der Waals surface area contributed by atoms with E-state index < -0.39 is 30.6 Å². The van der Waals surface area contributed by atoms with Crippen LogP contribution in [-0.4, -0.2) is 52.5 Å². The van der Waals surface area contributed by atoms with Crippen molar-refractivity contribution < 1.29 is 20.1 Å². The lowest BCUT2D eigenvalue weighted by Gasteiger charge is -2.39. The van der Waals surface area contributed by atoms with Gasteiger partial charge in [-0.15, -0.1) is 0 Å². The van der Waals surface area contributed by atoms with Gasteiger partial charge < -0.3 is 20.1 Å². The molecule has 0 saturated carbocycles. The summed E-state index contributed by atoms with van der Waals surface area (Å²) in [5, 5.41) is 32.6. The van der Waals surface area contributed by atoms with Gasteiger partial charge in [0.05, 0.1) is 6.10 Å². The Kier molecular flexibility index (Phi) is 16.2. The molecule has 0 radical (unpaired) electrons. The van der Waals surface area contributed by atoms with Crippen molar-refractivity contribution in [1.29, 1.82) is 0 Å². The zero-order chi connectivity index (χ0) is 21.3. The first-order valence-corrected chi connectivity index (χ1v) is 12.5. The van der Waals surface area contributed by atoms with E-state index in [1.54, 1.807) is 6.92 Å². The molecule has 0 aromatic heterocycles. The molecule has 0 amide bonds. The van der Waals surface area contributed by atoms with E-state index in [9.17, 15) is 15.3 Å². The van der Waals surface area contributed by atoms with Crippen molar-refractivity contribution in [1.82, 2.24) is 5.32 Å². The lowest BCUT2D eigenvalue weighted by molar-refractivity contribution is -0.224. The molecule has 0 aliphatic carbocycles. The van der Waals surface area contributed by atoms with E-state index in [0.717, 1.165) is 13.0 Å². The summed E-state index contributed by atoms with van der Waals surface area (Å²) in [5.41, 5.74) is 0. The van der Waals surface area contributed by atoms with Crippen molar-refractivity contribution in [3.05, 3.63) is 0 Å². The standard InChI is InChI=1S/C24H49NO4/c1-3-4-5-6-7-8-9-10-11-12-13-14-15-16-17-18-19-25-24-23(28)22(27)21(26)20(2)29-24/h20-28H,3-19H2,1-2H3/t20-,21-,22+,23+,24?/m1/s1. The highest BCUT2D eigenvalue weighted by molar-refractivity contribution is 4.89. The Morgan fingerprint density at radius 3 is 1.45 bits per heavy atom. The van der Waals surface area contributed by atoms with Crippen molar-refractivity contribution in [3.63, 3.8) is 0 Å². The highest BCUT2D eigenvalue weighted by Crippen LogP contribution is 2.19. The Morgan fingerprint density at radius 1 is 0.586 bits per heavy atom. The highest BCUT2D eigenvalue weighted by atomic mass is 16.5. The van der Waals surface area contributed by atoms with Crippen LogP contribution in [0.1, 0.15) is 117 Å². The second-order valence-corrected chi connectivity index (χ2v) is 8.99. The first kappa shape index (κ1) is 26.8. The summed E-state index contributed by atoms with van der Waals surface area (Å²) >= 11 is 0. The number of ether oxygens (including phenoxy) is 1. The minimum absolute atomic E-state index is 0.475. The van der Waals surface area contributed by atoms with Gasteiger partial charge in [0.1, 0.15) is 24.5 Å². The third-order valence-electron chi connectivity index (χ3n) is 6.23. The minimum atomic E-state index is -1.15. The maximum atomic E-state index is 9.96. The molecule has 1 unspecified atom stereocenters. The summed E-state index contributed by atoms with van der Waals surface area (Å²) in [6.07, 6.45) is 17.3. The Hall–Kier alpha value is -0.200. The van der Waals surface area contributed by atoms with Crippen LogP contribution in [0.2, 0.25) is 0 Å².